The average molecular weight is 244 g/mol. The molecule has 0 fully saturated rings. The maximum Gasteiger partial charge on any atom is 0.305 e. The number of ether oxygens (including phenoxy) is 1. The van der Waals surface area contributed by atoms with Gasteiger partial charge in [0.1, 0.15) is 0 Å². The number of hydrogen-bond donors (Lipinski definition) is 0. The van der Waals surface area contributed by atoms with E-state index in [0.717, 1.165) is 0 Å². The number of carbonyl (C=O) groups excluding carboxylic acids is 3. The van der Waals surface area contributed by atoms with Crippen molar-refractivity contribution < 1.29 is 19.1 Å². The summed E-state index contributed by atoms with van der Waals surface area (Å²) in [4.78, 5) is 34.9. The molecule has 18 heavy (non-hydrogen) atoms. The van der Waals surface area contributed by atoms with Gasteiger partial charge in [-0.15, -0.1) is 0 Å². The van der Waals surface area contributed by atoms with Crippen LogP contribution < -0.4 is 0 Å². The Bertz CT molecular complexity index is 555. The van der Waals surface area contributed by atoms with Gasteiger partial charge < -0.3 is 4.74 Å². The highest BCUT2D eigenvalue weighted by molar-refractivity contribution is 6.24. The lowest BCUT2D eigenvalue weighted by atomic mass is 9.88. The first-order valence-corrected chi connectivity index (χ1v) is 5.59. The molecule has 0 saturated carbocycles. The lowest BCUT2D eigenvalue weighted by Crippen LogP contribution is -2.17. The Balaban J connectivity index is 2.23. The van der Waals surface area contributed by atoms with Gasteiger partial charge in [0.15, 0.2) is 11.6 Å². The fourth-order valence-corrected chi connectivity index (χ4v) is 1.89. The molecule has 4 heteroatoms. The number of fused-ring (bicyclic) bond motifs is 1. The summed E-state index contributed by atoms with van der Waals surface area (Å²) in [6.45, 7) is 0. The summed E-state index contributed by atoms with van der Waals surface area (Å²) in [6, 6.07) is 6.69. The Morgan fingerprint density at radius 3 is 2.50 bits per heavy atom. The van der Waals surface area contributed by atoms with Crippen molar-refractivity contribution in [1.29, 1.82) is 0 Å². The molecule has 0 atom stereocenters. The summed E-state index contributed by atoms with van der Waals surface area (Å²) in [5, 5.41) is 0. The molecule has 0 spiro atoms. The normalized spacial score (nSPS) is 13.9. The zero-order valence-electron chi connectivity index (χ0n) is 9.93. The number of benzene rings is 1. The topological polar surface area (TPSA) is 60.4 Å². The molecule has 0 aromatic heterocycles. The van der Waals surface area contributed by atoms with Crippen LogP contribution in [0, 0.1) is 0 Å². The summed E-state index contributed by atoms with van der Waals surface area (Å²) < 4.78 is 4.51. The minimum Gasteiger partial charge on any atom is -0.469 e. The van der Waals surface area contributed by atoms with E-state index >= 15 is 0 Å². The highest BCUT2D eigenvalue weighted by Gasteiger charge is 2.24. The number of rotatable bonds is 3. The van der Waals surface area contributed by atoms with E-state index in [1.807, 2.05) is 0 Å². The van der Waals surface area contributed by atoms with Gasteiger partial charge in [0, 0.05) is 23.1 Å². The van der Waals surface area contributed by atoms with Crippen LogP contribution in [0.1, 0.15) is 33.6 Å². The molecule has 1 aliphatic rings. The summed E-state index contributed by atoms with van der Waals surface area (Å²) in [6.07, 6.45) is 1.64. The highest BCUT2D eigenvalue weighted by atomic mass is 16.5. The monoisotopic (exact) mass is 244 g/mol. The van der Waals surface area contributed by atoms with Crippen LogP contribution in [0.3, 0.4) is 0 Å². The van der Waals surface area contributed by atoms with Gasteiger partial charge in [-0.1, -0.05) is 24.3 Å². The fraction of sp³-hybridized carbons (Fsp3) is 0.214. The molecule has 0 heterocycles. The van der Waals surface area contributed by atoms with Gasteiger partial charge in [0.05, 0.1) is 7.11 Å². The number of methoxy groups -OCH3 is 1. The van der Waals surface area contributed by atoms with E-state index < -0.39 is 5.97 Å². The molecule has 92 valence electrons. The lowest BCUT2D eigenvalue weighted by molar-refractivity contribution is -0.140. The van der Waals surface area contributed by atoms with E-state index in [9.17, 15) is 14.4 Å². The van der Waals surface area contributed by atoms with E-state index in [1.165, 1.54) is 13.2 Å². The van der Waals surface area contributed by atoms with Gasteiger partial charge in [0.2, 0.25) is 0 Å². The SMILES string of the molecule is COC(=O)CCC1=CC(=O)c2ccccc2C1=O. The number of allylic oxidation sites excluding steroid dienone is 2. The Hall–Kier alpha value is -2.23. The van der Waals surface area contributed by atoms with Crippen LogP contribution in [-0.2, 0) is 9.53 Å². The van der Waals surface area contributed by atoms with Gasteiger partial charge in [-0.05, 0) is 12.5 Å². The zero-order chi connectivity index (χ0) is 13.1. The second-order valence-corrected chi connectivity index (χ2v) is 3.98. The van der Waals surface area contributed by atoms with Crippen molar-refractivity contribution >= 4 is 17.5 Å². The van der Waals surface area contributed by atoms with Crippen molar-refractivity contribution in [2.24, 2.45) is 0 Å². The lowest BCUT2D eigenvalue weighted by Gasteiger charge is -2.14. The second-order valence-electron chi connectivity index (χ2n) is 3.98. The molecule has 0 radical (unpaired) electrons. The molecule has 0 bridgehead atoms. The van der Waals surface area contributed by atoms with E-state index in [-0.39, 0.29) is 24.4 Å². The third-order valence-electron chi connectivity index (χ3n) is 2.86. The van der Waals surface area contributed by atoms with Crippen LogP contribution in [0.15, 0.2) is 35.9 Å². The molecule has 1 aromatic rings. The molecule has 0 unspecified atom stereocenters. The standard InChI is InChI=1S/C14H12O4/c1-18-13(16)7-6-9-8-12(15)10-4-2-3-5-11(10)14(9)17/h2-5,8H,6-7H2,1H3. The van der Waals surface area contributed by atoms with Crippen LogP contribution in [0.25, 0.3) is 0 Å². The van der Waals surface area contributed by atoms with Gasteiger partial charge in [0.25, 0.3) is 0 Å². The Labute approximate surface area is 104 Å². The van der Waals surface area contributed by atoms with Crippen LogP contribution in [0.2, 0.25) is 0 Å². The number of hydrogen-bond acceptors (Lipinski definition) is 4. The largest absolute Gasteiger partial charge is 0.469 e. The molecular weight excluding hydrogens is 232 g/mol. The molecule has 1 aromatic carbocycles. The van der Waals surface area contributed by atoms with E-state index in [1.54, 1.807) is 24.3 Å². The summed E-state index contributed by atoms with van der Waals surface area (Å²) in [5.74, 6) is -0.769. The molecule has 0 saturated heterocycles. The summed E-state index contributed by atoms with van der Waals surface area (Å²) in [5.41, 5.74) is 1.19. The first kappa shape index (κ1) is 12.2. The van der Waals surface area contributed by atoms with Crippen molar-refractivity contribution in [2.45, 2.75) is 12.8 Å². The van der Waals surface area contributed by atoms with Crippen molar-refractivity contribution in [2.75, 3.05) is 7.11 Å². The quantitative estimate of drug-likeness (QED) is 0.762. The molecular formula is C14H12O4. The number of Topliss-reactive ketones (excluding diaryl/α,β-unsaturated/α-hetero) is 1. The smallest absolute Gasteiger partial charge is 0.305 e. The first-order chi connectivity index (χ1) is 8.63. The molecule has 0 N–H and O–H groups in total. The van der Waals surface area contributed by atoms with Crippen molar-refractivity contribution in [3.8, 4) is 0 Å². The van der Waals surface area contributed by atoms with E-state index in [2.05, 4.69) is 4.74 Å². The molecule has 1 aliphatic carbocycles. The minimum atomic E-state index is -0.394. The summed E-state index contributed by atoms with van der Waals surface area (Å²) in [7, 11) is 1.29. The molecule has 0 aliphatic heterocycles. The number of ketones is 2. The third kappa shape index (κ3) is 2.22. The Morgan fingerprint density at radius 1 is 1.17 bits per heavy atom. The number of esters is 1. The van der Waals surface area contributed by atoms with Gasteiger partial charge in [-0.2, -0.15) is 0 Å². The number of carbonyl (C=O) groups is 3. The molecule has 0 amide bonds. The minimum absolute atomic E-state index is 0.101. The fourth-order valence-electron chi connectivity index (χ4n) is 1.89. The van der Waals surface area contributed by atoms with Crippen molar-refractivity contribution in [3.05, 3.63) is 47.0 Å². The highest BCUT2D eigenvalue weighted by Crippen LogP contribution is 2.23. The van der Waals surface area contributed by atoms with Gasteiger partial charge in [-0.3, -0.25) is 14.4 Å². The zero-order valence-corrected chi connectivity index (χ0v) is 9.93. The predicted molar refractivity (Wildman–Crippen MR) is 64.4 cm³/mol. The maximum absolute atomic E-state index is 12.1. The van der Waals surface area contributed by atoms with Crippen molar-refractivity contribution in [3.63, 3.8) is 0 Å². The van der Waals surface area contributed by atoms with Crippen LogP contribution >= 0.6 is 0 Å². The van der Waals surface area contributed by atoms with Crippen LogP contribution in [-0.4, -0.2) is 24.6 Å². The second kappa shape index (κ2) is 4.96. The van der Waals surface area contributed by atoms with Crippen molar-refractivity contribution in [1.82, 2.24) is 0 Å². The van der Waals surface area contributed by atoms with Crippen LogP contribution in [0.5, 0.6) is 0 Å². The van der Waals surface area contributed by atoms with E-state index in [4.69, 9.17) is 0 Å². The molecule has 2 rings (SSSR count). The van der Waals surface area contributed by atoms with E-state index in [0.29, 0.717) is 16.7 Å². The Kier molecular flexibility index (Phi) is 3.37. The Morgan fingerprint density at radius 2 is 1.83 bits per heavy atom. The third-order valence-corrected chi connectivity index (χ3v) is 2.86. The predicted octanol–water partition coefficient (Wildman–Crippen LogP) is 1.95. The maximum atomic E-state index is 12.1. The average Bonchev–Trinajstić information content (AvgIpc) is 2.41. The van der Waals surface area contributed by atoms with Gasteiger partial charge in [-0.25, -0.2) is 0 Å². The van der Waals surface area contributed by atoms with Crippen LogP contribution in [0.4, 0.5) is 0 Å². The summed E-state index contributed by atoms with van der Waals surface area (Å²) >= 11 is 0. The molecule has 4 nitrogen and oxygen atoms in total. The van der Waals surface area contributed by atoms with Gasteiger partial charge >= 0.3 is 5.97 Å². The first-order valence-electron chi connectivity index (χ1n) is 5.59.